The molecule has 33 heavy (non-hydrogen) atoms. The van der Waals surface area contributed by atoms with Crippen molar-refractivity contribution in [3.8, 4) is 0 Å². The molecular formula is C19H24N6O6S2. The van der Waals surface area contributed by atoms with Gasteiger partial charge in [-0.2, -0.15) is 0 Å². The van der Waals surface area contributed by atoms with Crippen molar-refractivity contribution in [1.29, 1.82) is 0 Å². The molecule has 12 nitrogen and oxygen atoms in total. The molecule has 2 aromatic rings. The number of anilines is 1. The smallest absolute Gasteiger partial charge is 0.289 e. The highest BCUT2D eigenvalue weighted by Crippen LogP contribution is 2.21. The van der Waals surface area contributed by atoms with Crippen LogP contribution in [0, 0.1) is 6.92 Å². The van der Waals surface area contributed by atoms with E-state index < -0.39 is 40.8 Å². The molecule has 4 N–H and O–H groups in total. The van der Waals surface area contributed by atoms with E-state index in [1.165, 1.54) is 23.5 Å². The average molecular weight is 497 g/mol. The molecule has 3 rings (SSSR count). The topological polar surface area (TPSA) is 159 Å². The number of ether oxygens (including phenoxy) is 1. The first-order valence-electron chi connectivity index (χ1n) is 9.95. The normalized spacial score (nSPS) is 13.9. The Labute approximate surface area is 194 Å². The minimum Gasteiger partial charge on any atom is -0.378 e. The maximum Gasteiger partial charge on any atom is 0.289 e. The van der Waals surface area contributed by atoms with Crippen LogP contribution < -0.4 is 25.8 Å². The second kappa shape index (κ2) is 11.2. The lowest BCUT2D eigenvalue weighted by Gasteiger charge is -2.25. The van der Waals surface area contributed by atoms with Crippen molar-refractivity contribution >= 4 is 44.2 Å². The fourth-order valence-electron chi connectivity index (χ4n) is 2.71. The Morgan fingerprint density at radius 1 is 1.06 bits per heavy atom. The fraction of sp³-hybridized carbons (Fsp3) is 0.368. The SMILES string of the molecule is Cc1ccc(S(=O)(=O)NCC(=O)NCC(=O)NNC(=O)c2csc(N3CCOCC3)n2)cc1. The van der Waals surface area contributed by atoms with Crippen molar-refractivity contribution in [2.24, 2.45) is 0 Å². The van der Waals surface area contributed by atoms with E-state index in [1.54, 1.807) is 17.5 Å². The lowest BCUT2D eigenvalue weighted by atomic mass is 10.2. The number of thiazole rings is 1. The minimum atomic E-state index is -3.85. The summed E-state index contributed by atoms with van der Waals surface area (Å²) in [6, 6.07) is 6.14. The first-order valence-corrected chi connectivity index (χ1v) is 12.3. The summed E-state index contributed by atoms with van der Waals surface area (Å²) in [5.74, 6) is -2.00. The van der Waals surface area contributed by atoms with Crippen molar-refractivity contribution in [3.63, 3.8) is 0 Å². The number of hydrogen-bond acceptors (Lipinski definition) is 9. The number of amides is 3. The number of aromatic nitrogens is 1. The van der Waals surface area contributed by atoms with Gasteiger partial charge in [0.15, 0.2) is 5.13 Å². The number of morpholine rings is 1. The molecule has 3 amide bonds. The standard InChI is InChI=1S/C19H24N6O6S2/c1-13-2-4-14(5-3-13)33(29,30)21-11-16(26)20-10-17(27)23-24-18(28)15-12-32-19(22-15)25-6-8-31-9-7-25/h2-5,12,21H,6-11H2,1H3,(H,20,26)(H,23,27)(H,24,28). The third kappa shape index (κ3) is 7.21. The van der Waals surface area contributed by atoms with Crippen LogP contribution in [-0.4, -0.2) is 70.5 Å². The third-order valence-corrected chi connectivity index (χ3v) is 6.84. The molecular weight excluding hydrogens is 472 g/mol. The zero-order valence-electron chi connectivity index (χ0n) is 17.8. The Hall–Kier alpha value is -3.07. The number of aryl methyl sites for hydroxylation is 1. The Morgan fingerprint density at radius 2 is 1.76 bits per heavy atom. The van der Waals surface area contributed by atoms with Crippen LogP contribution in [0.1, 0.15) is 16.1 Å². The predicted molar refractivity (Wildman–Crippen MR) is 120 cm³/mol. The molecule has 178 valence electrons. The quantitative estimate of drug-likeness (QED) is 0.344. The molecule has 0 saturated carbocycles. The molecule has 1 aromatic heterocycles. The van der Waals surface area contributed by atoms with Crippen molar-refractivity contribution < 1.29 is 27.5 Å². The molecule has 1 fully saturated rings. The van der Waals surface area contributed by atoms with Crippen molar-refractivity contribution in [3.05, 3.63) is 40.9 Å². The van der Waals surface area contributed by atoms with E-state index in [2.05, 4.69) is 25.9 Å². The first-order chi connectivity index (χ1) is 15.7. The first kappa shape index (κ1) is 24.6. The molecule has 0 radical (unpaired) electrons. The van der Waals surface area contributed by atoms with Crippen LogP contribution in [0.2, 0.25) is 0 Å². The number of hydrogen-bond donors (Lipinski definition) is 4. The van der Waals surface area contributed by atoms with Gasteiger partial charge in [-0.3, -0.25) is 25.2 Å². The number of rotatable bonds is 8. The zero-order chi connectivity index (χ0) is 23.8. The fourth-order valence-corrected chi connectivity index (χ4v) is 4.55. The van der Waals surface area contributed by atoms with Gasteiger partial charge in [0.25, 0.3) is 11.8 Å². The Bertz CT molecular complexity index is 1100. The second-order valence-corrected chi connectivity index (χ2v) is 9.63. The van der Waals surface area contributed by atoms with Crippen LogP contribution in [-0.2, 0) is 24.3 Å². The summed E-state index contributed by atoms with van der Waals surface area (Å²) in [5.41, 5.74) is 5.44. The maximum absolute atomic E-state index is 12.2. The van der Waals surface area contributed by atoms with Crippen LogP contribution in [0.4, 0.5) is 5.13 Å². The Balaban J connectivity index is 1.37. The van der Waals surface area contributed by atoms with E-state index in [0.717, 1.165) is 5.56 Å². The molecule has 2 heterocycles. The summed E-state index contributed by atoms with van der Waals surface area (Å²) in [5, 5.41) is 4.53. The van der Waals surface area contributed by atoms with Gasteiger partial charge in [-0.15, -0.1) is 11.3 Å². The van der Waals surface area contributed by atoms with E-state index in [0.29, 0.717) is 31.4 Å². The lowest BCUT2D eigenvalue weighted by molar-refractivity contribution is -0.125. The maximum atomic E-state index is 12.2. The molecule has 0 spiro atoms. The van der Waals surface area contributed by atoms with Gasteiger partial charge in [0.2, 0.25) is 15.9 Å². The van der Waals surface area contributed by atoms with Gasteiger partial charge in [-0.1, -0.05) is 17.7 Å². The van der Waals surface area contributed by atoms with Gasteiger partial charge in [-0.25, -0.2) is 18.1 Å². The monoisotopic (exact) mass is 496 g/mol. The number of sulfonamides is 1. The predicted octanol–water partition coefficient (Wildman–Crippen LogP) is -0.856. The molecule has 0 unspecified atom stereocenters. The summed E-state index contributed by atoms with van der Waals surface area (Å²) in [4.78, 5) is 42.2. The van der Waals surface area contributed by atoms with Crippen molar-refractivity contribution in [2.45, 2.75) is 11.8 Å². The van der Waals surface area contributed by atoms with Crippen LogP contribution in [0.25, 0.3) is 0 Å². The van der Waals surface area contributed by atoms with Gasteiger partial charge in [0, 0.05) is 18.5 Å². The van der Waals surface area contributed by atoms with Gasteiger partial charge in [0.05, 0.1) is 31.2 Å². The average Bonchev–Trinajstić information content (AvgIpc) is 3.31. The number of nitrogens with one attached hydrogen (secondary N) is 4. The van der Waals surface area contributed by atoms with Gasteiger partial charge < -0.3 is 15.0 Å². The van der Waals surface area contributed by atoms with Gasteiger partial charge in [-0.05, 0) is 19.1 Å². The summed E-state index contributed by atoms with van der Waals surface area (Å²) in [6.07, 6.45) is 0. The van der Waals surface area contributed by atoms with Gasteiger partial charge in [0.1, 0.15) is 5.69 Å². The summed E-state index contributed by atoms with van der Waals surface area (Å²) >= 11 is 1.31. The van der Waals surface area contributed by atoms with E-state index in [1.807, 2.05) is 11.8 Å². The number of hydrazine groups is 1. The number of nitrogens with zero attached hydrogens (tertiary/aromatic N) is 2. The van der Waals surface area contributed by atoms with Crippen LogP contribution >= 0.6 is 11.3 Å². The van der Waals surface area contributed by atoms with Crippen LogP contribution in [0.3, 0.4) is 0 Å². The molecule has 1 aliphatic rings. The molecule has 1 aromatic carbocycles. The highest BCUT2D eigenvalue weighted by Gasteiger charge is 2.18. The molecule has 0 aliphatic carbocycles. The molecule has 1 aliphatic heterocycles. The summed E-state index contributed by atoms with van der Waals surface area (Å²) in [7, 11) is -3.85. The van der Waals surface area contributed by atoms with Crippen molar-refractivity contribution in [1.82, 2.24) is 25.9 Å². The van der Waals surface area contributed by atoms with Crippen LogP contribution in [0.15, 0.2) is 34.5 Å². The number of carbonyl (C=O) groups is 3. The van der Waals surface area contributed by atoms with E-state index in [9.17, 15) is 22.8 Å². The third-order valence-electron chi connectivity index (χ3n) is 4.52. The molecule has 0 atom stereocenters. The molecule has 1 saturated heterocycles. The van der Waals surface area contributed by atoms with Crippen LogP contribution in [0.5, 0.6) is 0 Å². The van der Waals surface area contributed by atoms with E-state index >= 15 is 0 Å². The molecule has 14 heteroatoms. The minimum absolute atomic E-state index is 0.0279. The lowest BCUT2D eigenvalue weighted by Crippen LogP contribution is -2.47. The number of carbonyl (C=O) groups excluding carboxylic acids is 3. The second-order valence-electron chi connectivity index (χ2n) is 7.03. The van der Waals surface area contributed by atoms with Crippen molar-refractivity contribution in [2.75, 3.05) is 44.3 Å². The van der Waals surface area contributed by atoms with E-state index in [4.69, 9.17) is 4.74 Å². The Morgan fingerprint density at radius 3 is 2.45 bits per heavy atom. The number of benzene rings is 1. The van der Waals surface area contributed by atoms with E-state index in [-0.39, 0.29) is 10.6 Å². The van der Waals surface area contributed by atoms with Gasteiger partial charge >= 0.3 is 0 Å². The summed E-state index contributed by atoms with van der Waals surface area (Å²) < 4.78 is 31.8. The highest BCUT2D eigenvalue weighted by molar-refractivity contribution is 7.89. The summed E-state index contributed by atoms with van der Waals surface area (Å²) in [6.45, 7) is 3.38. The molecule has 0 bridgehead atoms. The highest BCUT2D eigenvalue weighted by atomic mass is 32.2. The Kier molecular flexibility index (Phi) is 8.32. The zero-order valence-corrected chi connectivity index (χ0v) is 19.4. The largest absolute Gasteiger partial charge is 0.378 e.